The maximum atomic E-state index is 10.8. The molecule has 9 heteroatoms. The van der Waals surface area contributed by atoms with Crippen LogP contribution in [0.1, 0.15) is 35.1 Å². The number of anilines is 1. The molecule has 1 aliphatic heterocycles. The molecule has 0 aliphatic carbocycles. The molecule has 1 unspecified atom stereocenters. The quantitative estimate of drug-likeness (QED) is 0.807. The molecule has 104 valence electrons. The molecule has 0 amide bonds. The van der Waals surface area contributed by atoms with Gasteiger partial charge in [0.15, 0.2) is 11.5 Å². The van der Waals surface area contributed by atoms with E-state index in [1.807, 2.05) is 0 Å². The molecule has 1 fully saturated rings. The van der Waals surface area contributed by atoms with Gasteiger partial charge in [-0.05, 0) is 12.8 Å². The number of carboxylic acid groups (broad SMARTS) is 1. The molecule has 3 rings (SSSR count). The molecular weight excluding hydrogens is 262 g/mol. The minimum atomic E-state index is -1.08. The second kappa shape index (κ2) is 5.19. The molecule has 2 aromatic heterocycles. The van der Waals surface area contributed by atoms with Crippen molar-refractivity contribution in [3.05, 3.63) is 23.9 Å². The van der Waals surface area contributed by atoms with Crippen LogP contribution in [-0.2, 0) is 0 Å². The minimum Gasteiger partial charge on any atom is -0.476 e. The first-order chi connectivity index (χ1) is 9.74. The second-order valence-electron chi connectivity index (χ2n) is 4.62. The molecule has 1 aliphatic rings. The lowest BCUT2D eigenvalue weighted by Gasteiger charge is -2.31. The zero-order valence-corrected chi connectivity index (χ0v) is 10.6. The molecular formula is C11H13N7O2. The second-order valence-corrected chi connectivity index (χ2v) is 4.62. The number of hydrogen-bond acceptors (Lipinski definition) is 7. The summed E-state index contributed by atoms with van der Waals surface area (Å²) >= 11 is 0. The van der Waals surface area contributed by atoms with Crippen LogP contribution >= 0.6 is 0 Å². The van der Waals surface area contributed by atoms with E-state index in [-0.39, 0.29) is 11.6 Å². The first kappa shape index (κ1) is 12.5. The van der Waals surface area contributed by atoms with E-state index in [0.29, 0.717) is 11.6 Å². The van der Waals surface area contributed by atoms with Crippen molar-refractivity contribution in [3.8, 4) is 0 Å². The van der Waals surface area contributed by atoms with Gasteiger partial charge in [0, 0.05) is 19.0 Å². The molecule has 2 aromatic rings. The number of carboxylic acids is 1. The van der Waals surface area contributed by atoms with Gasteiger partial charge in [-0.15, -0.1) is 10.2 Å². The third-order valence-corrected chi connectivity index (χ3v) is 3.33. The molecule has 1 atom stereocenters. The Bertz CT molecular complexity index is 583. The fourth-order valence-electron chi connectivity index (χ4n) is 2.33. The van der Waals surface area contributed by atoms with E-state index in [9.17, 15) is 4.79 Å². The molecule has 2 N–H and O–H groups in total. The van der Waals surface area contributed by atoms with Crippen molar-refractivity contribution in [2.45, 2.75) is 18.8 Å². The highest BCUT2D eigenvalue weighted by molar-refractivity contribution is 5.84. The van der Waals surface area contributed by atoms with E-state index in [0.717, 1.165) is 25.9 Å². The molecule has 1 saturated heterocycles. The van der Waals surface area contributed by atoms with E-state index in [4.69, 9.17) is 5.11 Å². The Kier molecular flexibility index (Phi) is 3.23. The topological polar surface area (TPSA) is 121 Å². The highest BCUT2D eigenvalue weighted by atomic mass is 16.4. The monoisotopic (exact) mass is 275 g/mol. The normalized spacial score (nSPS) is 19.0. The highest BCUT2D eigenvalue weighted by Crippen LogP contribution is 2.26. The van der Waals surface area contributed by atoms with Gasteiger partial charge in [0.1, 0.15) is 5.82 Å². The fourth-order valence-corrected chi connectivity index (χ4v) is 2.33. The van der Waals surface area contributed by atoms with Crippen molar-refractivity contribution in [1.29, 1.82) is 0 Å². The molecule has 0 spiro atoms. The number of carbonyl (C=O) groups is 1. The van der Waals surface area contributed by atoms with Crippen LogP contribution in [0, 0.1) is 0 Å². The number of aromatic nitrogens is 6. The Labute approximate surface area is 114 Å². The standard InChI is InChI=1S/C11H13N7O2/c19-11(20)8-4-13-9(5-12-8)18-3-1-2-7(6-18)10-14-16-17-15-10/h4-5,7H,1-3,6H2,(H,19,20)(H,14,15,16,17). The number of rotatable bonds is 3. The van der Waals surface area contributed by atoms with E-state index < -0.39 is 5.97 Å². The summed E-state index contributed by atoms with van der Waals surface area (Å²) in [7, 11) is 0. The Hall–Kier alpha value is -2.58. The molecule has 3 heterocycles. The van der Waals surface area contributed by atoms with Gasteiger partial charge in [-0.3, -0.25) is 0 Å². The summed E-state index contributed by atoms with van der Waals surface area (Å²) in [6.45, 7) is 1.58. The van der Waals surface area contributed by atoms with Gasteiger partial charge in [-0.2, -0.15) is 5.21 Å². The predicted octanol–water partition coefficient (Wildman–Crippen LogP) is 0.0719. The number of tetrazole rings is 1. The van der Waals surface area contributed by atoms with Gasteiger partial charge in [0.05, 0.1) is 12.4 Å². The van der Waals surface area contributed by atoms with Gasteiger partial charge in [-0.25, -0.2) is 14.8 Å². The summed E-state index contributed by atoms with van der Waals surface area (Å²) < 4.78 is 0. The Morgan fingerprint density at radius 2 is 2.30 bits per heavy atom. The number of aromatic carboxylic acids is 1. The molecule has 20 heavy (non-hydrogen) atoms. The molecule has 0 radical (unpaired) electrons. The Morgan fingerprint density at radius 3 is 2.95 bits per heavy atom. The van der Waals surface area contributed by atoms with E-state index in [1.165, 1.54) is 12.4 Å². The van der Waals surface area contributed by atoms with Crippen LogP contribution in [0.5, 0.6) is 0 Å². The van der Waals surface area contributed by atoms with Crippen LogP contribution in [-0.4, -0.2) is 54.8 Å². The zero-order chi connectivity index (χ0) is 13.9. The predicted molar refractivity (Wildman–Crippen MR) is 67.4 cm³/mol. The van der Waals surface area contributed by atoms with Gasteiger partial charge >= 0.3 is 5.97 Å². The summed E-state index contributed by atoms with van der Waals surface area (Å²) in [6.07, 6.45) is 4.75. The first-order valence-corrected chi connectivity index (χ1v) is 6.27. The highest BCUT2D eigenvalue weighted by Gasteiger charge is 2.25. The molecule has 9 nitrogen and oxygen atoms in total. The smallest absolute Gasteiger partial charge is 0.356 e. The SMILES string of the molecule is O=C(O)c1cnc(N2CCCC(c3nn[nH]n3)C2)cn1. The van der Waals surface area contributed by atoms with Crippen LogP contribution < -0.4 is 4.90 Å². The van der Waals surface area contributed by atoms with Crippen molar-refractivity contribution in [2.24, 2.45) is 0 Å². The Balaban J connectivity index is 1.75. The van der Waals surface area contributed by atoms with Crippen LogP contribution in [0.3, 0.4) is 0 Å². The van der Waals surface area contributed by atoms with E-state index in [1.54, 1.807) is 0 Å². The molecule has 0 saturated carbocycles. The summed E-state index contributed by atoms with van der Waals surface area (Å²) in [6, 6.07) is 0. The Morgan fingerprint density at radius 1 is 1.40 bits per heavy atom. The summed E-state index contributed by atoms with van der Waals surface area (Å²) in [4.78, 5) is 20.9. The number of nitrogens with zero attached hydrogens (tertiary/aromatic N) is 6. The average Bonchev–Trinajstić information content (AvgIpc) is 3.02. The lowest BCUT2D eigenvalue weighted by atomic mass is 9.97. The zero-order valence-electron chi connectivity index (χ0n) is 10.6. The first-order valence-electron chi connectivity index (χ1n) is 6.27. The van der Waals surface area contributed by atoms with Gasteiger partial charge in [0.2, 0.25) is 0 Å². The van der Waals surface area contributed by atoms with Gasteiger partial charge in [0.25, 0.3) is 0 Å². The van der Waals surface area contributed by atoms with Crippen LogP contribution in [0.2, 0.25) is 0 Å². The van der Waals surface area contributed by atoms with E-state index in [2.05, 4.69) is 35.5 Å². The molecule has 0 aromatic carbocycles. The van der Waals surface area contributed by atoms with Crippen LogP contribution in [0.25, 0.3) is 0 Å². The van der Waals surface area contributed by atoms with Crippen molar-refractivity contribution >= 4 is 11.8 Å². The number of H-pyrrole nitrogens is 1. The van der Waals surface area contributed by atoms with Crippen molar-refractivity contribution in [2.75, 3.05) is 18.0 Å². The third-order valence-electron chi connectivity index (χ3n) is 3.33. The number of nitrogens with one attached hydrogen (secondary N) is 1. The largest absolute Gasteiger partial charge is 0.476 e. The van der Waals surface area contributed by atoms with Crippen LogP contribution in [0.15, 0.2) is 12.4 Å². The maximum absolute atomic E-state index is 10.8. The van der Waals surface area contributed by atoms with Gasteiger partial charge < -0.3 is 10.0 Å². The summed E-state index contributed by atoms with van der Waals surface area (Å²) in [5.74, 6) is 0.490. The van der Waals surface area contributed by atoms with Crippen molar-refractivity contribution < 1.29 is 9.90 Å². The molecule has 0 bridgehead atoms. The lowest BCUT2D eigenvalue weighted by molar-refractivity contribution is 0.0690. The number of aromatic amines is 1. The average molecular weight is 275 g/mol. The fraction of sp³-hybridized carbons (Fsp3) is 0.455. The van der Waals surface area contributed by atoms with Crippen molar-refractivity contribution in [1.82, 2.24) is 30.6 Å². The minimum absolute atomic E-state index is 0.0551. The lowest BCUT2D eigenvalue weighted by Crippen LogP contribution is -2.35. The summed E-state index contributed by atoms with van der Waals surface area (Å²) in [5.41, 5.74) is -0.0551. The van der Waals surface area contributed by atoms with Crippen molar-refractivity contribution in [3.63, 3.8) is 0 Å². The maximum Gasteiger partial charge on any atom is 0.356 e. The van der Waals surface area contributed by atoms with Gasteiger partial charge in [-0.1, -0.05) is 5.21 Å². The number of hydrogen-bond donors (Lipinski definition) is 2. The van der Waals surface area contributed by atoms with E-state index >= 15 is 0 Å². The van der Waals surface area contributed by atoms with Crippen LogP contribution in [0.4, 0.5) is 5.82 Å². The number of piperidine rings is 1. The third kappa shape index (κ3) is 2.42. The summed E-state index contributed by atoms with van der Waals surface area (Å²) in [5, 5.41) is 22.9.